The van der Waals surface area contributed by atoms with Gasteiger partial charge in [0.2, 0.25) is 0 Å². The minimum Gasteiger partial charge on any atom is -0.481 e. The molecule has 1 aromatic heterocycles. The average Bonchev–Trinajstić information content (AvgIpc) is 2.79. The number of carboxylic acids is 1. The number of carboxylic acid groups (broad SMARTS) is 1. The smallest absolute Gasteiger partial charge is 0.313 e. The molecule has 1 heterocycles. The summed E-state index contributed by atoms with van der Waals surface area (Å²) in [6, 6.07) is 7.43. The van der Waals surface area contributed by atoms with Gasteiger partial charge in [-0.2, -0.15) is 0 Å². The lowest BCUT2D eigenvalue weighted by Crippen LogP contribution is -2.09. The third kappa shape index (κ3) is 3.98. The minimum atomic E-state index is -0.876. The standard InChI is InChI=1S/C14H16ClN3O2S/c1-9(2)7-18-13(10-5-3-4-6-11(10)15)16-17-14(18)21-8-12(19)20/h3-6,9H,7-8H2,1-2H3,(H,19,20). The van der Waals surface area contributed by atoms with Crippen LogP contribution in [-0.4, -0.2) is 31.6 Å². The zero-order chi connectivity index (χ0) is 15.4. The first kappa shape index (κ1) is 15.9. The van der Waals surface area contributed by atoms with Crippen LogP contribution in [0.5, 0.6) is 0 Å². The number of carbonyl (C=O) groups is 1. The van der Waals surface area contributed by atoms with Crippen LogP contribution in [0.4, 0.5) is 0 Å². The van der Waals surface area contributed by atoms with Crippen LogP contribution in [0, 0.1) is 5.92 Å². The van der Waals surface area contributed by atoms with Crippen molar-refractivity contribution in [1.29, 1.82) is 0 Å². The van der Waals surface area contributed by atoms with Crippen molar-refractivity contribution >= 4 is 29.3 Å². The number of hydrogen-bond acceptors (Lipinski definition) is 4. The number of aliphatic carboxylic acids is 1. The van der Waals surface area contributed by atoms with E-state index in [2.05, 4.69) is 24.0 Å². The Hall–Kier alpha value is -1.53. The largest absolute Gasteiger partial charge is 0.481 e. The molecule has 0 fully saturated rings. The van der Waals surface area contributed by atoms with Crippen LogP contribution in [-0.2, 0) is 11.3 Å². The molecule has 0 atom stereocenters. The van der Waals surface area contributed by atoms with Gasteiger partial charge in [-0.05, 0) is 18.1 Å². The fourth-order valence-electron chi connectivity index (χ4n) is 1.89. The summed E-state index contributed by atoms with van der Waals surface area (Å²) in [7, 11) is 0. The molecule has 1 aromatic carbocycles. The van der Waals surface area contributed by atoms with Crippen molar-refractivity contribution in [1.82, 2.24) is 14.8 Å². The second kappa shape index (κ2) is 6.95. The van der Waals surface area contributed by atoms with Crippen molar-refractivity contribution in [3.63, 3.8) is 0 Å². The molecule has 2 rings (SSSR count). The number of hydrogen-bond donors (Lipinski definition) is 1. The van der Waals surface area contributed by atoms with Crippen LogP contribution in [0.25, 0.3) is 11.4 Å². The van der Waals surface area contributed by atoms with Crippen LogP contribution in [0.3, 0.4) is 0 Å². The summed E-state index contributed by atoms with van der Waals surface area (Å²) >= 11 is 7.39. The van der Waals surface area contributed by atoms with Gasteiger partial charge in [-0.3, -0.25) is 4.79 Å². The fraction of sp³-hybridized carbons (Fsp3) is 0.357. The molecular weight excluding hydrogens is 310 g/mol. The van der Waals surface area contributed by atoms with E-state index in [-0.39, 0.29) is 5.75 Å². The normalized spacial score (nSPS) is 11.0. The second-order valence-corrected chi connectivity index (χ2v) is 6.32. The van der Waals surface area contributed by atoms with E-state index in [1.807, 2.05) is 22.8 Å². The van der Waals surface area contributed by atoms with Gasteiger partial charge in [0, 0.05) is 12.1 Å². The molecule has 21 heavy (non-hydrogen) atoms. The quantitative estimate of drug-likeness (QED) is 0.824. The van der Waals surface area contributed by atoms with Gasteiger partial charge in [0.15, 0.2) is 11.0 Å². The summed E-state index contributed by atoms with van der Waals surface area (Å²) in [6.45, 7) is 4.87. The maximum atomic E-state index is 10.7. The molecule has 0 aliphatic heterocycles. The van der Waals surface area contributed by atoms with Crippen LogP contribution in [0.15, 0.2) is 29.4 Å². The van der Waals surface area contributed by atoms with E-state index in [1.165, 1.54) is 11.8 Å². The third-order valence-electron chi connectivity index (χ3n) is 2.70. The molecule has 112 valence electrons. The predicted molar refractivity (Wildman–Crippen MR) is 83.7 cm³/mol. The fourth-order valence-corrected chi connectivity index (χ4v) is 2.78. The Balaban J connectivity index is 2.41. The van der Waals surface area contributed by atoms with E-state index in [0.717, 1.165) is 5.56 Å². The lowest BCUT2D eigenvalue weighted by Gasteiger charge is -2.12. The Kier molecular flexibility index (Phi) is 5.25. The van der Waals surface area contributed by atoms with Gasteiger partial charge in [0.1, 0.15) is 0 Å². The summed E-state index contributed by atoms with van der Waals surface area (Å²) in [5.74, 6) is 0.130. The Bertz CT molecular complexity index is 643. The van der Waals surface area contributed by atoms with Crippen LogP contribution >= 0.6 is 23.4 Å². The van der Waals surface area contributed by atoms with E-state index >= 15 is 0 Å². The zero-order valence-electron chi connectivity index (χ0n) is 11.8. The van der Waals surface area contributed by atoms with Crippen molar-refractivity contribution in [2.45, 2.75) is 25.5 Å². The Morgan fingerprint density at radius 1 is 1.38 bits per heavy atom. The highest BCUT2D eigenvalue weighted by atomic mass is 35.5. The van der Waals surface area contributed by atoms with Gasteiger partial charge in [0.05, 0.1) is 10.8 Å². The molecule has 0 saturated heterocycles. The maximum Gasteiger partial charge on any atom is 0.313 e. The Morgan fingerprint density at radius 2 is 2.10 bits per heavy atom. The lowest BCUT2D eigenvalue weighted by atomic mass is 10.2. The first-order valence-electron chi connectivity index (χ1n) is 6.51. The predicted octanol–water partition coefficient (Wildman–Crippen LogP) is 3.43. The van der Waals surface area contributed by atoms with E-state index in [9.17, 15) is 4.79 Å². The van der Waals surface area contributed by atoms with Crippen molar-refractivity contribution in [2.75, 3.05) is 5.75 Å². The third-order valence-corrected chi connectivity index (χ3v) is 3.99. The molecule has 0 saturated carbocycles. The van der Waals surface area contributed by atoms with Gasteiger partial charge >= 0.3 is 5.97 Å². The number of nitrogens with zero attached hydrogens (tertiary/aromatic N) is 3. The number of thioether (sulfide) groups is 1. The zero-order valence-corrected chi connectivity index (χ0v) is 13.4. The number of rotatable bonds is 6. The van der Waals surface area contributed by atoms with Gasteiger partial charge in [-0.1, -0.05) is 49.3 Å². The maximum absolute atomic E-state index is 10.7. The van der Waals surface area contributed by atoms with Gasteiger partial charge in [0.25, 0.3) is 0 Å². The Morgan fingerprint density at radius 3 is 2.71 bits per heavy atom. The lowest BCUT2D eigenvalue weighted by molar-refractivity contribution is -0.133. The molecule has 0 bridgehead atoms. The molecule has 2 aromatic rings. The van der Waals surface area contributed by atoms with Gasteiger partial charge in [-0.25, -0.2) is 0 Å². The average molecular weight is 326 g/mol. The first-order valence-corrected chi connectivity index (χ1v) is 7.88. The highest BCUT2D eigenvalue weighted by molar-refractivity contribution is 7.99. The number of aromatic nitrogens is 3. The summed E-state index contributed by atoms with van der Waals surface area (Å²) in [4.78, 5) is 10.7. The summed E-state index contributed by atoms with van der Waals surface area (Å²) in [6.07, 6.45) is 0. The highest BCUT2D eigenvalue weighted by Crippen LogP contribution is 2.29. The van der Waals surface area contributed by atoms with Gasteiger partial charge in [-0.15, -0.1) is 10.2 Å². The van der Waals surface area contributed by atoms with Gasteiger partial charge < -0.3 is 9.67 Å². The molecule has 0 unspecified atom stereocenters. The monoisotopic (exact) mass is 325 g/mol. The SMILES string of the molecule is CC(C)Cn1c(SCC(=O)O)nnc1-c1ccccc1Cl. The summed E-state index contributed by atoms with van der Waals surface area (Å²) in [5.41, 5.74) is 0.800. The molecule has 0 spiro atoms. The van der Waals surface area contributed by atoms with Crippen molar-refractivity contribution in [3.8, 4) is 11.4 Å². The highest BCUT2D eigenvalue weighted by Gasteiger charge is 2.17. The summed E-state index contributed by atoms with van der Waals surface area (Å²) in [5, 5.41) is 18.3. The van der Waals surface area contributed by atoms with E-state index < -0.39 is 5.97 Å². The van der Waals surface area contributed by atoms with E-state index in [4.69, 9.17) is 16.7 Å². The molecule has 5 nitrogen and oxygen atoms in total. The summed E-state index contributed by atoms with van der Waals surface area (Å²) < 4.78 is 1.93. The Labute approximate surface area is 132 Å². The number of benzene rings is 1. The van der Waals surface area contributed by atoms with Crippen LogP contribution < -0.4 is 0 Å². The molecule has 0 aliphatic carbocycles. The van der Waals surface area contributed by atoms with Crippen LogP contribution in [0.2, 0.25) is 5.02 Å². The second-order valence-electron chi connectivity index (χ2n) is 4.97. The van der Waals surface area contributed by atoms with Crippen molar-refractivity contribution in [3.05, 3.63) is 29.3 Å². The van der Waals surface area contributed by atoms with Crippen molar-refractivity contribution in [2.24, 2.45) is 5.92 Å². The molecular formula is C14H16ClN3O2S. The first-order chi connectivity index (χ1) is 9.99. The molecule has 0 aliphatic rings. The minimum absolute atomic E-state index is 0.0429. The molecule has 0 amide bonds. The molecule has 0 radical (unpaired) electrons. The molecule has 1 N–H and O–H groups in total. The van der Waals surface area contributed by atoms with E-state index in [1.54, 1.807) is 6.07 Å². The topological polar surface area (TPSA) is 68.0 Å². The van der Waals surface area contributed by atoms with E-state index in [0.29, 0.717) is 28.5 Å². The molecule has 7 heteroatoms. The van der Waals surface area contributed by atoms with Crippen LogP contribution in [0.1, 0.15) is 13.8 Å². The number of halogens is 1. The van der Waals surface area contributed by atoms with Crippen molar-refractivity contribution < 1.29 is 9.90 Å².